The molecule has 1 unspecified atom stereocenters. The standard InChI is InChI=1S/C14H17N3O/c1-10-6-7-12(14(18)16-9-17-15)8-11-4-2-3-5-13(10)11/h2-5,8-10H,6-7,15H2,1H3,(H,16,17,18). The van der Waals surface area contributed by atoms with Gasteiger partial charge in [0.05, 0.1) is 0 Å². The molecule has 94 valence electrons. The Morgan fingerprint density at radius 1 is 1.50 bits per heavy atom. The van der Waals surface area contributed by atoms with Crippen LogP contribution in [0.1, 0.15) is 36.8 Å². The summed E-state index contributed by atoms with van der Waals surface area (Å²) in [5.41, 5.74) is 3.19. The van der Waals surface area contributed by atoms with E-state index in [1.807, 2.05) is 24.3 Å². The van der Waals surface area contributed by atoms with Crippen molar-refractivity contribution < 1.29 is 4.79 Å². The van der Waals surface area contributed by atoms with E-state index in [2.05, 4.69) is 23.4 Å². The maximum atomic E-state index is 11.9. The summed E-state index contributed by atoms with van der Waals surface area (Å²) in [6.45, 7) is 2.19. The van der Waals surface area contributed by atoms with E-state index in [9.17, 15) is 4.79 Å². The minimum Gasteiger partial charge on any atom is -0.322 e. The van der Waals surface area contributed by atoms with Crippen molar-refractivity contribution in [2.75, 3.05) is 0 Å². The zero-order valence-electron chi connectivity index (χ0n) is 10.4. The van der Waals surface area contributed by atoms with Crippen LogP contribution in [0, 0.1) is 0 Å². The third kappa shape index (κ3) is 2.59. The number of nitrogens with one attached hydrogen (secondary N) is 1. The van der Waals surface area contributed by atoms with Gasteiger partial charge in [-0.1, -0.05) is 31.2 Å². The van der Waals surface area contributed by atoms with Crippen LogP contribution in [0.3, 0.4) is 0 Å². The fraction of sp³-hybridized carbons (Fsp3) is 0.286. The second kappa shape index (κ2) is 5.49. The molecule has 0 saturated heterocycles. The average Bonchev–Trinajstić information content (AvgIpc) is 2.56. The van der Waals surface area contributed by atoms with Crippen LogP contribution in [-0.4, -0.2) is 12.2 Å². The Morgan fingerprint density at radius 2 is 2.28 bits per heavy atom. The Morgan fingerprint density at radius 3 is 3.06 bits per heavy atom. The molecular formula is C14H17N3O. The van der Waals surface area contributed by atoms with E-state index in [-0.39, 0.29) is 5.91 Å². The van der Waals surface area contributed by atoms with Crippen molar-refractivity contribution >= 4 is 18.3 Å². The van der Waals surface area contributed by atoms with Gasteiger partial charge in [-0.15, -0.1) is 0 Å². The molecule has 4 heteroatoms. The van der Waals surface area contributed by atoms with E-state index in [0.717, 1.165) is 24.0 Å². The smallest absolute Gasteiger partial charge is 0.252 e. The molecule has 3 N–H and O–H groups in total. The molecule has 2 rings (SSSR count). The van der Waals surface area contributed by atoms with Crippen molar-refractivity contribution in [3.63, 3.8) is 0 Å². The summed E-state index contributed by atoms with van der Waals surface area (Å²) in [6.07, 6.45) is 4.90. The maximum absolute atomic E-state index is 11.9. The van der Waals surface area contributed by atoms with Crippen LogP contribution in [0.25, 0.3) is 6.08 Å². The topological polar surface area (TPSA) is 67.5 Å². The van der Waals surface area contributed by atoms with Crippen molar-refractivity contribution in [3.8, 4) is 0 Å². The number of hydrogen-bond donors (Lipinski definition) is 2. The van der Waals surface area contributed by atoms with Gasteiger partial charge in [0.15, 0.2) is 0 Å². The van der Waals surface area contributed by atoms with Gasteiger partial charge >= 0.3 is 0 Å². The van der Waals surface area contributed by atoms with E-state index < -0.39 is 0 Å². The van der Waals surface area contributed by atoms with Gasteiger partial charge < -0.3 is 11.2 Å². The molecule has 0 spiro atoms. The molecule has 0 saturated carbocycles. The van der Waals surface area contributed by atoms with Crippen LogP contribution in [0.2, 0.25) is 0 Å². The minimum absolute atomic E-state index is 0.131. The van der Waals surface area contributed by atoms with Crippen LogP contribution in [0.4, 0.5) is 0 Å². The first-order chi connectivity index (χ1) is 8.72. The number of hydrogen-bond acceptors (Lipinski definition) is 3. The maximum Gasteiger partial charge on any atom is 0.252 e. The normalized spacial score (nSPS) is 18.9. The molecule has 0 heterocycles. The summed E-state index contributed by atoms with van der Waals surface area (Å²) in [5, 5.41) is 5.82. The molecule has 1 aromatic carbocycles. The molecule has 0 aromatic heterocycles. The van der Waals surface area contributed by atoms with Crippen LogP contribution in [0.15, 0.2) is 34.9 Å². The minimum atomic E-state index is -0.131. The fourth-order valence-electron chi connectivity index (χ4n) is 2.25. The number of amides is 1. The lowest BCUT2D eigenvalue weighted by atomic mass is 9.94. The predicted molar refractivity (Wildman–Crippen MR) is 72.9 cm³/mol. The van der Waals surface area contributed by atoms with Gasteiger partial charge in [0, 0.05) is 5.57 Å². The molecule has 18 heavy (non-hydrogen) atoms. The molecule has 1 atom stereocenters. The van der Waals surface area contributed by atoms with Gasteiger partial charge in [0.25, 0.3) is 5.91 Å². The lowest BCUT2D eigenvalue weighted by Crippen LogP contribution is -2.23. The second-order valence-corrected chi connectivity index (χ2v) is 4.49. The van der Waals surface area contributed by atoms with E-state index in [1.165, 1.54) is 11.9 Å². The van der Waals surface area contributed by atoms with Crippen LogP contribution in [0.5, 0.6) is 0 Å². The van der Waals surface area contributed by atoms with E-state index >= 15 is 0 Å². The Balaban J connectivity index is 2.30. The van der Waals surface area contributed by atoms with Crippen LogP contribution >= 0.6 is 0 Å². The first-order valence-corrected chi connectivity index (χ1v) is 6.04. The van der Waals surface area contributed by atoms with Gasteiger partial charge in [-0.2, -0.15) is 5.10 Å². The number of nitrogens with two attached hydrogens (primary N) is 1. The number of carbonyl (C=O) groups is 1. The van der Waals surface area contributed by atoms with Gasteiger partial charge in [-0.3, -0.25) is 4.79 Å². The molecule has 0 fully saturated rings. The first kappa shape index (κ1) is 12.4. The van der Waals surface area contributed by atoms with Crippen LogP contribution < -0.4 is 11.2 Å². The second-order valence-electron chi connectivity index (χ2n) is 4.49. The van der Waals surface area contributed by atoms with E-state index in [4.69, 9.17) is 5.84 Å². The molecule has 1 amide bonds. The summed E-state index contributed by atoms with van der Waals surface area (Å²) < 4.78 is 0. The van der Waals surface area contributed by atoms with Crippen molar-refractivity contribution in [2.24, 2.45) is 10.9 Å². The Bertz CT molecular complexity index is 506. The number of nitrogens with zero attached hydrogens (tertiary/aromatic N) is 1. The van der Waals surface area contributed by atoms with Gasteiger partial charge in [-0.25, -0.2) is 0 Å². The Labute approximate surface area is 107 Å². The monoisotopic (exact) mass is 243 g/mol. The molecule has 1 aliphatic rings. The quantitative estimate of drug-likeness (QED) is 0.361. The molecule has 4 nitrogen and oxygen atoms in total. The van der Waals surface area contributed by atoms with E-state index in [0.29, 0.717) is 5.92 Å². The molecule has 0 aliphatic heterocycles. The zero-order chi connectivity index (χ0) is 13.0. The first-order valence-electron chi connectivity index (χ1n) is 6.04. The molecule has 0 radical (unpaired) electrons. The SMILES string of the molecule is CC1CCC(C(=O)NC=NN)=Cc2ccccc21. The Kier molecular flexibility index (Phi) is 3.77. The highest BCUT2D eigenvalue weighted by atomic mass is 16.1. The predicted octanol–water partition coefficient (Wildman–Crippen LogP) is 1.99. The molecule has 1 aromatic rings. The third-order valence-corrected chi connectivity index (χ3v) is 3.27. The van der Waals surface area contributed by atoms with Crippen molar-refractivity contribution in [1.82, 2.24) is 5.32 Å². The summed E-state index contributed by atoms with van der Waals surface area (Å²) in [7, 11) is 0. The number of carbonyl (C=O) groups excluding carboxylic acids is 1. The third-order valence-electron chi connectivity index (χ3n) is 3.27. The average molecular weight is 243 g/mol. The van der Waals surface area contributed by atoms with Crippen LogP contribution in [-0.2, 0) is 4.79 Å². The lowest BCUT2D eigenvalue weighted by molar-refractivity contribution is -0.116. The lowest BCUT2D eigenvalue weighted by Gasteiger charge is -2.10. The highest BCUT2D eigenvalue weighted by molar-refractivity contribution is 6.03. The molecule has 0 bridgehead atoms. The highest BCUT2D eigenvalue weighted by Gasteiger charge is 2.18. The highest BCUT2D eigenvalue weighted by Crippen LogP contribution is 2.31. The van der Waals surface area contributed by atoms with Gasteiger partial charge in [0.2, 0.25) is 0 Å². The van der Waals surface area contributed by atoms with E-state index in [1.54, 1.807) is 0 Å². The zero-order valence-corrected chi connectivity index (χ0v) is 10.4. The summed E-state index contributed by atoms with van der Waals surface area (Å²) in [5.74, 6) is 5.30. The number of fused-ring (bicyclic) bond motifs is 1. The molecular weight excluding hydrogens is 226 g/mol. The van der Waals surface area contributed by atoms with Gasteiger partial charge in [0.1, 0.15) is 6.34 Å². The van der Waals surface area contributed by atoms with Gasteiger partial charge in [-0.05, 0) is 36.0 Å². The summed E-state index contributed by atoms with van der Waals surface area (Å²) >= 11 is 0. The largest absolute Gasteiger partial charge is 0.322 e. The fourth-order valence-corrected chi connectivity index (χ4v) is 2.25. The van der Waals surface area contributed by atoms with Crippen molar-refractivity contribution in [3.05, 3.63) is 41.0 Å². The number of benzene rings is 1. The van der Waals surface area contributed by atoms with Crippen molar-refractivity contribution in [1.29, 1.82) is 0 Å². The Hall–Kier alpha value is -2.10. The number of rotatable bonds is 2. The number of hydrazone groups is 1. The molecule has 1 aliphatic carbocycles. The summed E-state index contributed by atoms with van der Waals surface area (Å²) in [4.78, 5) is 11.9. The summed E-state index contributed by atoms with van der Waals surface area (Å²) in [6, 6.07) is 8.19. The van der Waals surface area contributed by atoms with Crippen molar-refractivity contribution in [2.45, 2.75) is 25.7 Å².